The first kappa shape index (κ1) is 25.5. The van der Waals surface area contributed by atoms with Crippen LogP contribution in [-0.2, 0) is 16.0 Å². The van der Waals surface area contributed by atoms with Crippen molar-refractivity contribution in [3.05, 3.63) is 16.1 Å². The number of aromatic nitrogens is 1. The Kier molecular flexibility index (Phi) is 14.3. The molecule has 0 bridgehead atoms. The predicted molar refractivity (Wildman–Crippen MR) is 120 cm³/mol. The lowest BCUT2D eigenvalue weighted by atomic mass is 10.4. The predicted octanol–water partition coefficient (Wildman–Crippen LogP) is 2.44. The first-order valence-electron chi connectivity index (χ1n) is 8.58. The highest BCUT2D eigenvalue weighted by atomic mass is 127. The van der Waals surface area contributed by atoms with Crippen molar-refractivity contribution < 1.29 is 9.47 Å². The molecule has 0 aliphatic carbocycles. The van der Waals surface area contributed by atoms with Crippen molar-refractivity contribution in [2.24, 2.45) is 4.99 Å². The van der Waals surface area contributed by atoms with Crippen molar-refractivity contribution in [3.63, 3.8) is 0 Å². The van der Waals surface area contributed by atoms with Crippen LogP contribution in [0, 0.1) is 0 Å². The van der Waals surface area contributed by atoms with Gasteiger partial charge in [-0.15, -0.1) is 35.3 Å². The second kappa shape index (κ2) is 14.6. The maximum atomic E-state index is 5.32. The fraction of sp³-hybridized carbons (Fsp3) is 0.765. The van der Waals surface area contributed by atoms with Crippen molar-refractivity contribution in [2.45, 2.75) is 26.0 Å². The lowest BCUT2D eigenvalue weighted by Gasteiger charge is -2.22. The molecule has 1 aromatic rings. The van der Waals surface area contributed by atoms with Crippen LogP contribution in [0.5, 0.6) is 0 Å². The van der Waals surface area contributed by atoms with Crippen LogP contribution in [-0.4, -0.2) is 82.3 Å². The van der Waals surface area contributed by atoms with Gasteiger partial charge in [-0.2, -0.15) is 0 Å². The average Bonchev–Trinajstić information content (AvgIpc) is 3.07. The molecule has 1 rings (SSSR count). The van der Waals surface area contributed by atoms with E-state index in [0.29, 0.717) is 0 Å². The fourth-order valence-electron chi connectivity index (χ4n) is 2.29. The van der Waals surface area contributed by atoms with Crippen LogP contribution in [0.4, 0.5) is 0 Å². The molecule has 0 saturated carbocycles. The Morgan fingerprint density at radius 1 is 1.35 bits per heavy atom. The molecule has 0 aliphatic heterocycles. The summed E-state index contributed by atoms with van der Waals surface area (Å²) in [4.78, 5) is 13.4. The van der Waals surface area contributed by atoms with E-state index in [1.807, 2.05) is 21.0 Å². The number of thiazole rings is 1. The zero-order valence-electron chi connectivity index (χ0n) is 16.8. The average molecular weight is 499 g/mol. The van der Waals surface area contributed by atoms with Gasteiger partial charge in [0.25, 0.3) is 0 Å². The molecule has 26 heavy (non-hydrogen) atoms. The number of ether oxygens (including phenoxy) is 2. The molecule has 0 amide bonds. The summed E-state index contributed by atoms with van der Waals surface area (Å²) in [5.41, 5.74) is 1.04. The van der Waals surface area contributed by atoms with E-state index in [9.17, 15) is 0 Å². The van der Waals surface area contributed by atoms with E-state index in [0.717, 1.165) is 55.9 Å². The summed E-state index contributed by atoms with van der Waals surface area (Å²) in [7, 11) is 9.38. The fourth-order valence-corrected chi connectivity index (χ4v) is 3.14. The van der Waals surface area contributed by atoms with Gasteiger partial charge in [-0.1, -0.05) is 0 Å². The quantitative estimate of drug-likeness (QED) is 0.219. The van der Waals surface area contributed by atoms with Crippen molar-refractivity contribution in [3.8, 4) is 0 Å². The van der Waals surface area contributed by atoms with Gasteiger partial charge in [0.2, 0.25) is 0 Å². The minimum absolute atomic E-state index is 0. The number of halogens is 1. The number of nitrogens with one attached hydrogen (secondary N) is 1. The molecule has 1 unspecified atom stereocenters. The van der Waals surface area contributed by atoms with Gasteiger partial charge in [-0.3, -0.25) is 4.99 Å². The highest BCUT2D eigenvalue weighted by molar-refractivity contribution is 14.0. The molecule has 1 atom stereocenters. The van der Waals surface area contributed by atoms with Gasteiger partial charge in [0.15, 0.2) is 5.96 Å². The Balaban J connectivity index is 0.00000625. The number of hydrogen-bond acceptors (Lipinski definition) is 6. The van der Waals surface area contributed by atoms with E-state index in [-0.39, 0.29) is 30.1 Å². The number of guanidine groups is 1. The van der Waals surface area contributed by atoms with E-state index >= 15 is 0 Å². The zero-order chi connectivity index (χ0) is 18.7. The van der Waals surface area contributed by atoms with Crippen molar-refractivity contribution in [1.29, 1.82) is 0 Å². The number of hydrogen-bond donors (Lipinski definition) is 1. The van der Waals surface area contributed by atoms with Crippen LogP contribution in [0.25, 0.3) is 0 Å². The molecule has 1 aromatic heterocycles. The van der Waals surface area contributed by atoms with Crippen LogP contribution in [0.2, 0.25) is 0 Å². The summed E-state index contributed by atoms with van der Waals surface area (Å²) >= 11 is 1.64. The van der Waals surface area contributed by atoms with E-state index < -0.39 is 0 Å². The molecule has 152 valence electrons. The maximum absolute atomic E-state index is 5.32. The van der Waals surface area contributed by atoms with Gasteiger partial charge >= 0.3 is 0 Å². The van der Waals surface area contributed by atoms with E-state index in [1.165, 1.54) is 0 Å². The standard InChI is InChI=1S/C17H33N5O2S.HI/c1-14(24-6)16-20-15(13-25-16)12-22(4)17(18-2)19-8-7-9-21(3)10-11-23-5;/h13-14H,7-12H2,1-6H3,(H,18,19);1H. The topological polar surface area (TPSA) is 62.2 Å². The number of rotatable bonds is 11. The molecule has 1 heterocycles. The van der Waals surface area contributed by atoms with Crippen molar-refractivity contribution in [1.82, 2.24) is 20.1 Å². The molecule has 0 spiro atoms. The molecule has 0 fully saturated rings. The minimum Gasteiger partial charge on any atom is -0.383 e. The summed E-state index contributed by atoms with van der Waals surface area (Å²) in [6.07, 6.45) is 1.09. The lowest BCUT2D eigenvalue weighted by molar-refractivity contribution is 0.119. The van der Waals surface area contributed by atoms with Crippen LogP contribution >= 0.6 is 35.3 Å². The van der Waals surface area contributed by atoms with Crippen LogP contribution in [0.1, 0.15) is 30.2 Å². The summed E-state index contributed by atoms with van der Waals surface area (Å²) in [5.74, 6) is 0.883. The second-order valence-electron chi connectivity index (χ2n) is 6.03. The molecule has 0 radical (unpaired) electrons. The largest absolute Gasteiger partial charge is 0.383 e. The van der Waals surface area contributed by atoms with Crippen LogP contribution in [0.3, 0.4) is 0 Å². The Bertz CT molecular complexity index is 515. The summed E-state index contributed by atoms with van der Waals surface area (Å²) in [6.45, 7) is 6.37. The normalized spacial score (nSPS) is 12.8. The molecule has 9 heteroatoms. The summed E-state index contributed by atoms with van der Waals surface area (Å²) < 4.78 is 10.4. The number of nitrogens with zero attached hydrogens (tertiary/aromatic N) is 4. The Morgan fingerprint density at radius 2 is 2.08 bits per heavy atom. The minimum atomic E-state index is 0. The van der Waals surface area contributed by atoms with E-state index in [1.54, 1.807) is 25.6 Å². The van der Waals surface area contributed by atoms with Crippen molar-refractivity contribution >= 4 is 41.3 Å². The molecular formula is C17H34IN5O2S. The Labute approximate surface area is 179 Å². The van der Waals surface area contributed by atoms with E-state index in [2.05, 4.69) is 37.5 Å². The number of likely N-dealkylation sites (N-methyl/N-ethyl adjacent to an activating group) is 1. The third-order valence-corrected chi connectivity index (χ3v) is 4.97. The van der Waals surface area contributed by atoms with Crippen LogP contribution < -0.4 is 5.32 Å². The number of methoxy groups -OCH3 is 2. The Morgan fingerprint density at radius 3 is 2.69 bits per heavy atom. The third-order valence-electron chi connectivity index (χ3n) is 3.92. The summed E-state index contributed by atoms with van der Waals surface area (Å²) in [6, 6.07) is 0. The maximum Gasteiger partial charge on any atom is 0.193 e. The SMILES string of the molecule is CN=C(NCCCN(C)CCOC)N(C)Cc1csc(C(C)OC)n1.I. The monoisotopic (exact) mass is 499 g/mol. The summed E-state index contributed by atoms with van der Waals surface area (Å²) in [5, 5.41) is 6.50. The molecule has 7 nitrogen and oxygen atoms in total. The Hall–Kier alpha value is -0.490. The lowest BCUT2D eigenvalue weighted by Crippen LogP contribution is -2.39. The van der Waals surface area contributed by atoms with Gasteiger partial charge in [-0.25, -0.2) is 4.98 Å². The van der Waals surface area contributed by atoms with Crippen molar-refractivity contribution in [2.75, 3.05) is 61.6 Å². The van der Waals surface area contributed by atoms with Gasteiger partial charge in [0.1, 0.15) is 11.1 Å². The van der Waals surface area contributed by atoms with E-state index in [4.69, 9.17) is 9.47 Å². The first-order valence-corrected chi connectivity index (χ1v) is 9.46. The zero-order valence-corrected chi connectivity index (χ0v) is 20.0. The number of aliphatic imine (C=N–C) groups is 1. The smallest absolute Gasteiger partial charge is 0.193 e. The van der Waals surface area contributed by atoms with Gasteiger partial charge < -0.3 is 24.6 Å². The second-order valence-corrected chi connectivity index (χ2v) is 6.92. The molecule has 0 saturated heterocycles. The molecule has 0 aliphatic rings. The van der Waals surface area contributed by atoms with Crippen LogP contribution in [0.15, 0.2) is 10.4 Å². The molecular weight excluding hydrogens is 465 g/mol. The van der Waals surface area contributed by atoms with Gasteiger partial charge in [0.05, 0.1) is 18.8 Å². The first-order chi connectivity index (χ1) is 12.0. The van der Waals surface area contributed by atoms with Gasteiger partial charge in [-0.05, 0) is 26.9 Å². The highest BCUT2D eigenvalue weighted by Crippen LogP contribution is 2.20. The highest BCUT2D eigenvalue weighted by Gasteiger charge is 2.12. The van der Waals surface area contributed by atoms with Gasteiger partial charge in [0, 0.05) is 46.8 Å². The molecule has 0 aromatic carbocycles. The molecule has 1 N–H and O–H groups in total. The third kappa shape index (κ3) is 9.45.